The summed E-state index contributed by atoms with van der Waals surface area (Å²) in [7, 11) is 1.87. The van der Waals surface area contributed by atoms with Gasteiger partial charge in [0.15, 0.2) is 28.6 Å². The standard InChI is InChI=1S/C23H20N4O3S/c1-27-22(20-13-29-18-11-4-5-12-19(18)30-20)25-26-23(27)31-14-21(28)24-17-10-6-8-15-7-2-3-9-16(15)17/h2-12,20H,13-14H2,1H3,(H,24,28)/t20-/m0/s1. The highest BCUT2D eigenvalue weighted by Gasteiger charge is 2.27. The van der Waals surface area contributed by atoms with Crippen LogP contribution in [0.3, 0.4) is 0 Å². The summed E-state index contributed by atoms with van der Waals surface area (Å²) in [5.74, 6) is 2.19. The summed E-state index contributed by atoms with van der Waals surface area (Å²) in [6, 6.07) is 21.4. The van der Waals surface area contributed by atoms with Gasteiger partial charge < -0.3 is 19.4 Å². The lowest BCUT2D eigenvalue weighted by Crippen LogP contribution is -2.24. The predicted molar refractivity (Wildman–Crippen MR) is 120 cm³/mol. The Hall–Kier alpha value is -3.52. The molecule has 2 heterocycles. The smallest absolute Gasteiger partial charge is 0.234 e. The molecule has 4 aromatic rings. The van der Waals surface area contributed by atoms with Crippen LogP contribution < -0.4 is 14.8 Å². The second-order valence-corrected chi connectivity index (χ2v) is 8.07. The van der Waals surface area contributed by atoms with Gasteiger partial charge in [-0.15, -0.1) is 10.2 Å². The minimum atomic E-state index is -0.355. The number of hydrogen-bond donors (Lipinski definition) is 1. The third-order valence-electron chi connectivity index (χ3n) is 5.06. The number of carbonyl (C=O) groups excluding carboxylic acids is 1. The Morgan fingerprint density at radius 1 is 1.06 bits per heavy atom. The number of hydrogen-bond acceptors (Lipinski definition) is 6. The van der Waals surface area contributed by atoms with E-state index in [9.17, 15) is 4.79 Å². The van der Waals surface area contributed by atoms with Crippen molar-refractivity contribution in [3.63, 3.8) is 0 Å². The lowest BCUT2D eigenvalue weighted by molar-refractivity contribution is -0.113. The summed E-state index contributed by atoms with van der Waals surface area (Å²) in [6.07, 6.45) is -0.355. The number of benzene rings is 3. The van der Waals surface area contributed by atoms with Crippen LogP contribution in [-0.4, -0.2) is 33.0 Å². The summed E-state index contributed by atoms with van der Waals surface area (Å²) < 4.78 is 13.6. The SMILES string of the molecule is Cn1c(SCC(=O)Nc2cccc3ccccc23)nnc1[C@@H]1COc2ccccc2O1. The van der Waals surface area contributed by atoms with Gasteiger partial charge in [-0.1, -0.05) is 60.3 Å². The van der Waals surface area contributed by atoms with E-state index < -0.39 is 0 Å². The molecule has 1 N–H and O–H groups in total. The number of amides is 1. The van der Waals surface area contributed by atoms with E-state index in [0.717, 1.165) is 22.2 Å². The minimum Gasteiger partial charge on any atom is -0.485 e. The first kappa shape index (κ1) is 19.4. The average molecular weight is 433 g/mol. The molecule has 1 aliphatic rings. The Bertz CT molecular complexity index is 1250. The highest BCUT2D eigenvalue weighted by Crippen LogP contribution is 2.35. The van der Waals surface area contributed by atoms with Crippen LogP contribution in [0.2, 0.25) is 0 Å². The summed E-state index contributed by atoms with van der Waals surface area (Å²) in [5.41, 5.74) is 0.800. The molecule has 0 spiro atoms. The third-order valence-corrected chi connectivity index (χ3v) is 6.08. The van der Waals surface area contributed by atoms with Crippen LogP contribution >= 0.6 is 11.8 Å². The summed E-state index contributed by atoms with van der Waals surface area (Å²) in [4.78, 5) is 12.6. The molecule has 0 fully saturated rings. The fourth-order valence-corrected chi connectivity index (χ4v) is 4.25. The Morgan fingerprint density at radius 3 is 2.74 bits per heavy atom. The van der Waals surface area contributed by atoms with Crippen molar-refractivity contribution in [1.29, 1.82) is 0 Å². The Morgan fingerprint density at radius 2 is 1.84 bits per heavy atom. The van der Waals surface area contributed by atoms with Gasteiger partial charge in [-0.25, -0.2) is 0 Å². The monoisotopic (exact) mass is 432 g/mol. The van der Waals surface area contributed by atoms with Gasteiger partial charge in [0.25, 0.3) is 0 Å². The maximum absolute atomic E-state index is 12.6. The number of fused-ring (bicyclic) bond motifs is 2. The first-order valence-corrected chi connectivity index (χ1v) is 10.9. The van der Waals surface area contributed by atoms with Gasteiger partial charge in [0.05, 0.1) is 5.75 Å². The van der Waals surface area contributed by atoms with E-state index in [1.807, 2.05) is 78.3 Å². The average Bonchev–Trinajstić information content (AvgIpc) is 3.18. The molecule has 1 aliphatic heterocycles. The number of rotatable bonds is 5. The zero-order valence-corrected chi connectivity index (χ0v) is 17.6. The van der Waals surface area contributed by atoms with Crippen LogP contribution in [0.25, 0.3) is 10.8 Å². The number of nitrogens with one attached hydrogen (secondary N) is 1. The van der Waals surface area contributed by atoms with Crippen LogP contribution in [0, 0.1) is 0 Å². The predicted octanol–water partition coefficient (Wildman–Crippen LogP) is 4.21. The molecule has 3 aromatic carbocycles. The van der Waals surface area contributed by atoms with Crippen LogP contribution in [0.15, 0.2) is 71.9 Å². The molecule has 0 unspecified atom stereocenters. The van der Waals surface area contributed by atoms with E-state index in [1.54, 1.807) is 0 Å². The zero-order chi connectivity index (χ0) is 21.2. The summed E-state index contributed by atoms with van der Waals surface area (Å²) >= 11 is 1.33. The van der Waals surface area contributed by atoms with Crippen molar-refractivity contribution in [2.75, 3.05) is 17.7 Å². The number of nitrogens with zero attached hydrogens (tertiary/aromatic N) is 3. The number of ether oxygens (including phenoxy) is 2. The summed E-state index contributed by atoms with van der Waals surface area (Å²) in [5, 5.41) is 14.2. The molecule has 1 aromatic heterocycles. The molecule has 0 radical (unpaired) electrons. The van der Waals surface area contributed by atoms with E-state index in [0.29, 0.717) is 23.3 Å². The largest absolute Gasteiger partial charge is 0.485 e. The summed E-state index contributed by atoms with van der Waals surface area (Å²) in [6.45, 7) is 0.356. The van der Waals surface area contributed by atoms with E-state index in [4.69, 9.17) is 9.47 Å². The fourth-order valence-electron chi connectivity index (χ4n) is 3.53. The maximum atomic E-state index is 12.6. The Labute approximate surface area is 183 Å². The molecule has 0 bridgehead atoms. The molecule has 0 saturated carbocycles. The van der Waals surface area contributed by atoms with Crippen molar-refractivity contribution in [2.45, 2.75) is 11.3 Å². The van der Waals surface area contributed by atoms with Gasteiger partial charge in [0, 0.05) is 18.1 Å². The van der Waals surface area contributed by atoms with Gasteiger partial charge in [-0.2, -0.15) is 0 Å². The topological polar surface area (TPSA) is 78.3 Å². The molecule has 31 heavy (non-hydrogen) atoms. The molecule has 1 amide bonds. The molecular weight excluding hydrogens is 412 g/mol. The molecule has 0 aliphatic carbocycles. The molecule has 1 atom stereocenters. The van der Waals surface area contributed by atoms with E-state index in [-0.39, 0.29) is 17.8 Å². The van der Waals surface area contributed by atoms with E-state index in [2.05, 4.69) is 15.5 Å². The minimum absolute atomic E-state index is 0.0999. The molecule has 7 nitrogen and oxygen atoms in total. The molecule has 5 rings (SSSR count). The van der Waals surface area contributed by atoms with Crippen molar-refractivity contribution >= 4 is 34.1 Å². The first-order valence-electron chi connectivity index (χ1n) is 9.87. The molecule has 0 saturated heterocycles. The quantitative estimate of drug-likeness (QED) is 0.476. The second kappa shape index (κ2) is 8.31. The molecular formula is C23H20N4O3S. The van der Waals surface area contributed by atoms with Crippen molar-refractivity contribution in [2.24, 2.45) is 7.05 Å². The van der Waals surface area contributed by atoms with Crippen LogP contribution in [0.4, 0.5) is 5.69 Å². The first-order chi connectivity index (χ1) is 15.2. The lowest BCUT2D eigenvalue weighted by Gasteiger charge is -2.25. The van der Waals surface area contributed by atoms with Gasteiger partial charge in [-0.05, 0) is 23.6 Å². The highest BCUT2D eigenvalue weighted by molar-refractivity contribution is 7.99. The number of thioether (sulfide) groups is 1. The van der Waals surface area contributed by atoms with Gasteiger partial charge >= 0.3 is 0 Å². The van der Waals surface area contributed by atoms with Gasteiger partial charge in [0.2, 0.25) is 5.91 Å². The number of anilines is 1. The number of para-hydroxylation sites is 2. The molecule has 8 heteroatoms. The van der Waals surface area contributed by atoms with Crippen molar-refractivity contribution in [3.05, 3.63) is 72.6 Å². The van der Waals surface area contributed by atoms with E-state index >= 15 is 0 Å². The fraction of sp³-hybridized carbons (Fsp3) is 0.174. The molecule has 156 valence electrons. The van der Waals surface area contributed by atoms with Gasteiger partial charge in [-0.3, -0.25) is 4.79 Å². The highest BCUT2D eigenvalue weighted by atomic mass is 32.2. The van der Waals surface area contributed by atoms with Crippen molar-refractivity contribution in [3.8, 4) is 11.5 Å². The van der Waals surface area contributed by atoms with Crippen molar-refractivity contribution in [1.82, 2.24) is 14.8 Å². The van der Waals surface area contributed by atoms with E-state index in [1.165, 1.54) is 11.8 Å². The van der Waals surface area contributed by atoms with Crippen LogP contribution in [0.1, 0.15) is 11.9 Å². The van der Waals surface area contributed by atoms with Gasteiger partial charge in [0.1, 0.15) is 6.61 Å². The normalized spacial score (nSPS) is 15.1. The third kappa shape index (κ3) is 3.94. The maximum Gasteiger partial charge on any atom is 0.234 e. The Balaban J connectivity index is 1.24. The lowest BCUT2D eigenvalue weighted by atomic mass is 10.1. The zero-order valence-electron chi connectivity index (χ0n) is 16.8. The Kier molecular flexibility index (Phi) is 5.21. The van der Waals surface area contributed by atoms with Crippen LogP contribution in [0.5, 0.6) is 11.5 Å². The number of aromatic nitrogens is 3. The number of carbonyl (C=O) groups is 1. The van der Waals surface area contributed by atoms with Crippen LogP contribution in [-0.2, 0) is 11.8 Å². The second-order valence-electron chi connectivity index (χ2n) is 7.13. The van der Waals surface area contributed by atoms with Crippen molar-refractivity contribution < 1.29 is 14.3 Å².